The molecule has 0 spiro atoms. The summed E-state index contributed by atoms with van der Waals surface area (Å²) in [6.07, 6.45) is 5.09. The third kappa shape index (κ3) is 3.53. The standard InChI is InChI=1S/C21H18N6O3/c22-18(13-3-1-7-23-12-13)19-15(4-2-8-24-19)20-26-27-21(30-20)25-14-5-6-16-17(11-14)29-10-9-28-16/h1-8,11-12,18H,9-10,22H2,(H,25,27). The molecule has 5 rings (SSSR count). The van der Waals surface area contributed by atoms with Gasteiger partial charge in [0.05, 0.1) is 17.3 Å². The van der Waals surface area contributed by atoms with Crippen LogP contribution in [0.25, 0.3) is 11.5 Å². The number of rotatable bonds is 5. The summed E-state index contributed by atoms with van der Waals surface area (Å²) in [5, 5.41) is 11.3. The lowest BCUT2D eigenvalue weighted by molar-refractivity contribution is 0.171. The smallest absolute Gasteiger partial charge is 0.320 e. The average molecular weight is 402 g/mol. The molecule has 0 amide bonds. The molecular formula is C21H18N6O3. The second-order valence-corrected chi connectivity index (χ2v) is 6.60. The molecule has 0 bridgehead atoms. The molecular weight excluding hydrogens is 384 g/mol. The highest BCUT2D eigenvalue weighted by molar-refractivity contribution is 5.62. The fraction of sp³-hybridized carbons (Fsp3) is 0.143. The minimum Gasteiger partial charge on any atom is -0.486 e. The van der Waals surface area contributed by atoms with Gasteiger partial charge in [0.1, 0.15) is 13.2 Å². The predicted octanol–water partition coefficient (Wildman–Crippen LogP) is 3.09. The first-order chi connectivity index (χ1) is 14.8. The van der Waals surface area contributed by atoms with Gasteiger partial charge in [0.2, 0.25) is 0 Å². The van der Waals surface area contributed by atoms with Crippen LogP contribution in [0.3, 0.4) is 0 Å². The monoisotopic (exact) mass is 402 g/mol. The molecule has 0 fully saturated rings. The molecule has 4 heterocycles. The van der Waals surface area contributed by atoms with Crippen molar-refractivity contribution >= 4 is 11.7 Å². The minimum absolute atomic E-state index is 0.242. The number of pyridine rings is 2. The van der Waals surface area contributed by atoms with Gasteiger partial charge in [0.15, 0.2) is 11.5 Å². The Labute approximate surface area is 171 Å². The highest BCUT2D eigenvalue weighted by Gasteiger charge is 2.20. The molecule has 0 saturated heterocycles. The van der Waals surface area contributed by atoms with Crippen LogP contribution in [0.2, 0.25) is 0 Å². The van der Waals surface area contributed by atoms with Crippen LogP contribution in [0.1, 0.15) is 17.3 Å². The first-order valence-electron chi connectivity index (χ1n) is 9.39. The number of anilines is 2. The van der Waals surface area contributed by atoms with E-state index in [0.717, 1.165) is 11.3 Å². The van der Waals surface area contributed by atoms with Crippen molar-refractivity contribution in [2.75, 3.05) is 18.5 Å². The van der Waals surface area contributed by atoms with Gasteiger partial charge in [-0.3, -0.25) is 9.97 Å². The average Bonchev–Trinajstić information content (AvgIpc) is 3.27. The number of ether oxygens (including phenoxy) is 2. The van der Waals surface area contributed by atoms with Gasteiger partial charge < -0.3 is 24.9 Å². The van der Waals surface area contributed by atoms with E-state index in [0.29, 0.717) is 41.9 Å². The lowest BCUT2D eigenvalue weighted by atomic mass is 10.0. The maximum absolute atomic E-state index is 6.42. The summed E-state index contributed by atoms with van der Waals surface area (Å²) in [5.41, 5.74) is 9.29. The van der Waals surface area contributed by atoms with Gasteiger partial charge in [0.25, 0.3) is 5.89 Å². The first-order valence-corrected chi connectivity index (χ1v) is 9.39. The molecule has 9 heteroatoms. The summed E-state index contributed by atoms with van der Waals surface area (Å²) in [6.45, 7) is 1.06. The van der Waals surface area contributed by atoms with Crippen molar-refractivity contribution in [2.24, 2.45) is 5.73 Å². The largest absolute Gasteiger partial charge is 0.486 e. The number of hydrogen-bond acceptors (Lipinski definition) is 9. The lowest BCUT2D eigenvalue weighted by Crippen LogP contribution is -2.15. The van der Waals surface area contributed by atoms with Crippen LogP contribution >= 0.6 is 0 Å². The van der Waals surface area contributed by atoms with E-state index in [1.807, 2.05) is 36.4 Å². The van der Waals surface area contributed by atoms with Crippen molar-refractivity contribution < 1.29 is 13.9 Å². The highest BCUT2D eigenvalue weighted by atomic mass is 16.6. The van der Waals surface area contributed by atoms with Gasteiger partial charge in [-0.05, 0) is 35.9 Å². The van der Waals surface area contributed by atoms with Crippen LogP contribution in [0.4, 0.5) is 11.7 Å². The van der Waals surface area contributed by atoms with Gasteiger partial charge in [-0.2, -0.15) is 0 Å². The Morgan fingerprint density at radius 3 is 2.70 bits per heavy atom. The topological polar surface area (TPSA) is 121 Å². The molecule has 1 aromatic carbocycles. The molecule has 4 aromatic rings. The summed E-state index contributed by atoms with van der Waals surface area (Å²) in [7, 11) is 0. The fourth-order valence-electron chi connectivity index (χ4n) is 3.19. The van der Waals surface area contributed by atoms with Crippen LogP contribution in [0.15, 0.2) is 65.5 Å². The van der Waals surface area contributed by atoms with Crippen LogP contribution in [-0.4, -0.2) is 33.4 Å². The molecule has 0 saturated carbocycles. The number of benzene rings is 1. The molecule has 0 radical (unpaired) electrons. The zero-order chi connectivity index (χ0) is 20.3. The predicted molar refractivity (Wildman–Crippen MR) is 109 cm³/mol. The van der Waals surface area contributed by atoms with Crippen molar-refractivity contribution in [3.05, 3.63) is 72.3 Å². The number of nitrogens with one attached hydrogen (secondary N) is 1. The summed E-state index contributed by atoms with van der Waals surface area (Å²) >= 11 is 0. The third-order valence-corrected chi connectivity index (χ3v) is 4.63. The molecule has 3 aromatic heterocycles. The minimum atomic E-state index is -0.476. The van der Waals surface area contributed by atoms with Gasteiger partial charge in [0, 0.05) is 30.3 Å². The van der Waals surface area contributed by atoms with Crippen molar-refractivity contribution in [2.45, 2.75) is 6.04 Å². The Bertz CT molecular complexity index is 1160. The maximum Gasteiger partial charge on any atom is 0.320 e. The molecule has 1 aliphatic rings. The molecule has 1 aliphatic heterocycles. The summed E-state index contributed by atoms with van der Waals surface area (Å²) in [5.74, 6) is 1.70. The quantitative estimate of drug-likeness (QED) is 0.518. The Kier molecular flexibility index (Phi) is 4.70. The Balaban J connectivity index is 1.41. The first kappa shape index (κ1) is 18.1. The highest BCUT2D eigenvalue weighted by Crippen LogP contribution is 2.34. The van der Waals surface area contributed by atoms with E-state index in [2.05, 4.69) is 25.5 Å². The fourth-order valence-corrected chi connectivity index (χ4v) is 3.19. The van der Waals surface area contributed by atoms with Crippen LogP contribution in [0.5, 0.6) is 11.5 Å². The normalized spacial score (nSPS) is 13.6. The molecule has 150 valence electrons. The van der Waals surface area contributed by atoms with Crippen molar-refractivity contribution in [3.63, 3.8) is 0 Å². The number of hydrogen-bond donors (Lipinski definition) is 2. The van der Waals surface area contributed by atoms with E-state index in [-0.39, 0.29) is 6.01 Å². The van der Waals surface area contributed by atoms with Crippen LogP contribution in [0, 0.1) is 0 Å². The lowest BCUT2D eigenvalue weighted by Gasteiger charge is -2.18. The van der Waals surface area contributed by atoms with Gasteiger partial charge >= 0.3 is 6.01 Å². The number of nitrogens with zero attached hydrogens (tertiary/aromatic N) is 4. The van der Waals surface area contributed by atoms with E-state index in [1.165, 1.54) is 0 Å². The van der Waals surface area contributed by atoms with E-state index in [9.17, 15) is 0 Å². The molecule has 30 heavy (non-hydrogen) atoms. The summed E-state index contributed by atoms with van der Waals surface area (Å²) < 4.78 is 17.0. The molecule has 0 aliphatic carbocycles. The van der Waals surface area contributed by atoms with E-state index < -0.39 is 6.04 Å². The molecule has 3 N–H and O–H groups in total. The van der Waals surface area contributed by atoms with Crippen molar-refractivity contribution in [1.82, 2.24) is 20.2 Å². The number of fused-ring (bicyclic) bond motifs is 1. The second-order valence-electron chi connectivity index (χ2n) is 6.60. The maximum atomic E-state index is 6.42. The second kappa shape index (κ2) is 7.80. The molecule has 9 nitrogen and oxygen atoms in total. The van der Waals surface area contributed by atoms with Crippen molar-refractivity contribution in [3.8, 4) is 23.0 Å². The number of nitrogens with two attached hydrogens (primary N) is 1. The van der Waals surface area contributed by atoms with Crippen molar-refractivity contribution in [1.29, 1.82) is 0 Å². The third-order valence-electron chi connectivity index (χ3n) is 4.63. The zero-order valence-electron chi connectivity index (χ0n) is 15.9. The Hall–Kier alpha value is -3.98. The van der Waals surface area contributed by atoms with Crippen LogP contribution < -0.4 is 20.5 Å². The zero-order valence-corrected chi connectivity index (χ0v) is 15.9. The Morgan fingerprint density at radius 1 is 0.967 bits per heavy atom. The van der Waals surface area contributed by atoms with Gasteiger partial charge in [-0.15, -0.1) is 5.10 Å². The SMILES string of the molecule is NC(c1cccnc1)c1ncccc1-c1nnc(Nc2ccc3c(c2)OCCO3)o1. The summed E-state index contributed by atoms with van der Waals surface area (Å²) in [6, 6.07) is 12.7. The Morgan fingerprint density at radius 2 is 1.83 bits per heavy atom. The molecule has 1 unspecified atom stereocenters. The van der Waals surface area contributed by atoms with Gasteiger partial charge in [-0.25, -0.2) is 0 Å². The molecule has 1 atom stereocenters. The van der Waals surface area contributed by atoms with Crippen LogP contribution in [-0.2, 0) is 0 Å². The number of aromatic nitrogens is 4. The van der Waals surface area contributed by atoms with Gasteiger partial charge in [-0.1, -0.05) is 11.2 Å². The van der Waals surface area contributed by atoms with E-state index in [4.69, 9.17) is 19.6 Å². The van der Waals surface area contributed by atoms with E-state index >= 15 is 0 Å². The summed E-state index contributed by atoms with van der Waals surface area (Å²) in [4.78, 5) is 8.57. The van der Waals surface area contributed by atoms with E-state index in [1.54, 1.807) is 24.7 Å².